The molecule has 0 radical (unpaired) electrons. The van der Waals surface area contributed by atoms with Crippen molar-refractivity contribution in [3.05, 3.63) is 70.0 Å². The summed E-state index contributed by atoms with van der Waals surface area (Å²) in [4.78, 5) is 13.7. The van der Waals surface area contributed by atoms with Gasteiger partial charge in [0.1, 0.15) is 18.2 Å². The van der Waals surface area contributed by atoms with Crippen molar-refractivity contribution in [3.63, 3.8) is 0 Å². The molecule has 1 N–H and O–H groups in total. The maximum atomic E-state index is 13.9. The summed E-state index contributed by atoms with van der Waals surface area (Å²) in [6, 6.07) is 11.1. The first kappa shape index (κ1) is 20.6. The van der Waals surface area contributed by atoms with Gasteiger partial charge < -0.3 is 14.7 Å². The lowest BCUT2D eigenvalue weighted by Gasteiger charge is -2.34. The van der Waals surface area contributed by atoms with E-state index in [4.69, 9.17) is 4.74 Å². The number of fused-ring (bicyclic) bond motifs is 2. The number of benzene rings is 2. The fourth-order valence-electron chi connectivity index (χ4n) is 4.43. The van der Waals surface area contributed by atoms with Crippen LogP contribution in [0.5, 0.6) is 5.75 Å². The number of likely N-dealkylation sites (tertiary alicyclic amines) is 1. The number of carbonyl (C=O) groups is 1. The van der Waals surface area contributed by atoms with Gasteiger partial charge in [0.05, 0.1) is 5.41 Å². The van der Waals surface area contributed by atoms with Crippen LogP contribution in [0.1, 0.15) is 48.9 Å². The van der Waals surface area contributed by atoms with Gasteiger partial charge in [0.15, 0.2) is 0 Å². The van der Waals surface area contributed by atoms with Crippen molar-refractivity contribution in [2.45, 2.75) is 40.2 Å². The van der Waals surface area contributed by atoms with E-state index in [2.05, 4.69) is 17.9 Å². The molecule has 0 spiro atoms. The summed E-state index contributed by atoms with van der Waals surface area (Å²) >= 11 is 0. The molecule has 2 aromatic rings. The molecule has 2 aromatic carbocycles. The predicted octanol–water partition coefficient (Wildman–Crippen LogP) is 5.04. The Hall–Kier alpha value is -2.66. The highest BCUT2D eigenvalue weighted by Gasteiger charge is 2.32. The smallest absolute Gasteiger partial charge is 0.310 e. The molecule has 0 unspecified atom stereocenters. The van der Waals surface area contributed by atoms with E-state index in [1.54, 1.807) is 19.9 Å². The fraction of sp³-hybridized carbons (Fsp3) is 0.400. The number of hydrogen-bond acceptors (Lipinski definition) is 3. The van der Waals surface area contributed by atoms with Crippen LogP contribution in [0, 0.1) is 18.2 Å². The van der Waals surface area contributed by atoms with Gasteiger partial charge >= 0.3 is 5.97 Å². The van der Waals surface area contributed by atoms with Crippen molar-refractivity contribution in [2.24, 2.45) is 5.41 Å². The zero-order valence-electron chi connectivity index (χ0n) is 17.8. The standard InChI is InChI=1S/C25H28FNO3/c1-16-4-7-22-21(12-16)23(20-6-5-19(26)13-18(20)14-30-22)17-8-10-27(11-9-17)15-25(2,3)24(28)29/h4-7,12-13H,8-11,14-15H2,1-3H3,(H,28,29). The first-order valence-electron chi connectivity index (χ1n) is 10.4. The molecule has 2 heterocycles. The number of carboxylic acid groups (broad SMARTS) is 1. The minimum atomic E-state index is -0.770. The van der Waals surface area contributed by atoms with Gasteiger partial charge in [-0.05, 0) is 69.0 Å². The molecule has 0 atom stereocenters. The average Bonchev–Trinajstić information content (AvgIpc) is 2.84. The quantitative estimate of drug-likeness (QED) is 0.772. The number of nitrogens with zero attached hydrogens (tertiary/aromatic N) is 1. The molecule has 0 aliphatic carbocycles. The molecule has 4 rings (SSSR count). The number of carboxylic acids is 1. The highest BCUT2D eigenvalue weighted by atomic mass is 19.1. The van der Waals surface area contributed by atoms with E-state index in [0.29, 0.717) is 13.2 Å². The van der Waals surface area contributed by atoms with E-state index in [-0.39, 0.29) is 5.82 Å². The number of piperidine rings is 1. The van der Waals surface area contributed by atoms with Crippen molar-refractivity contribution in [2.75, 3.05) is 19.6 Å². The van der Waals surface area contributed by atoms with Crippen molar-refractivity contribution in [1.82, 2.24) is 4.90 Å². The Labute approximate surface area is 177 Å². The van der Waals surface area contributed by atoms with Crippen LogP contribution in [0.15, 0.2) is 42.0 Å². The Morgan fingerprint density at radius 2 is 1.87 bits per heavy atom. The first-order chi connectivity index (χ1) is 14.2. The maximum absolute atomic E-state index is 13.9. The van der Waals surface area contributed by atoms with Crippen LogP contribution in [0.4, 0.5) is 4.39 Å². The SMILES string of the molecule is Cc1ccc2c(c1)C(=C1CCN(CC(C)(C)C(=O)O)CC1)c1ccc(F)cc1CO2. The van der Waals surface area contributed by atoms with Gasteiger partial charge in [0.2, 0.25) is 0 Å². The highest BCUT2D eigenvalue weighted by Crippen LogP contribution is 2.41. The molecular formula is C25H28FNO3. The van der Waals surface area contributed by atoms with Crippen LogP contribution in [0.25, 0.3) is 5.57 Å². The molecule has 1 saturated heterocycles. The second kappa shape index (κ2) is 7.88. The summed E-state index contributed by atoms with van der Waals surface area (Å²) in [6.07, 6.45) is 1.71. The third-order valence-corrected chi connectivity index (χ3v) is 6.14. The van der Waals surface area contributed by atoms with Crippen molar-refractivity contribution in [3.8, 4) is 5.75 Å². The molecule has 0 saturated carbocycles. The molecule has 158 valence electrons. The third kappa shape index (κ3) is 3.99. The fourth-order valence-corrected chi connectivity index (χ4v) is 4.43. The van der Waals surface area contributed by atoms with Gasteiger partial charge in [0, 0.05) is 30.8 Å². The average molecular weight is 410 g/mol. The first-order valence-corrected chi connectivity index (χ1v) is 10.4. The Kier molecular flexibility index (Phi) is 5.41. The summed E-state index contributed by atoms with van der Waals surface area (Å²) in [6.45, 7) is 8.12. The number of aryl methyl sites for hydroxylation is 1. The largest absolute Gasteiger partial charge is 0.488 e. The molecule has 2 aliphatic heterocycles. The highest BCUT2D eigenvalue weighted by molar-refractivity contribution is 5.87. The van der Waals surface area contributed by atoms with Crippen LogP contribution < -0.4 is 4.74 Å². The molecule has 0 bridgehead atoms. The molecule has 0 aromatic heterocycles. The molecule has 1 fully saturated rings. The van der Waals surface area contributed by atoms with Gasteiger partial charge in [-0.15, -0.1) is 0 Å². The minimum absolute atomic E-state index is 0.255. The Morgan fingerprint density at radius 1 is 1.13 bits per heavy atom. The predicted molar refractivity (Wildman–Crippen MR) is 115 cm³/mol. The number of halogens is 1. The van der Waals surface area contributed by atoms with Crippen LogP contribution >= 0.6 is 0 Å². The summed E-state index contributed by atoms with van der Waals surface area (Å²) in [5.41, 5.74) is 5.82. The van der Waals surface area contributed by atoms with E-state index in [9.17, 15) is 14.3 Å². The van der Waals surface area contributed by atoms with E-state index in [0.717, 1.165) is 59.5 Å². The molecule has 30 heavy (non-hydrogen) atoms. The number of hydrogen-bond donors (Lipinski definition) is 1. The maximum Gasteiger partial charge on any atom is 0.310 e. The minimum Gasteiger partial charge on any atom is -0.488 e. The summed E-state index contributed by atoms with van der Waals surface area (Å²) in [5.74, 6) is -0.198. The normalized spacial score (nSPS) is 17.1. The van der Waals surface area contributed by atoms with Gasteiger partial charge in [-0.1, -0.05) is 23.3 Å². The van der Waals surface area contributed by atoms with Crippen LogP contribution in [-0.4, -0.2) is 35.6 Å². The topological polar surface area (TPSA) is 49.8 Å². The van der Waals surface area contributed by atoms with E-state index < -0.39 is 11.4 Å². The van der Waals surface area contributed by atoms with Gasteiger partial charge in [-0.3, -0.25) is 4.79 Å². The lowest BCUT2D eigenvalue weighted by Crippen LogP contribution is -2.42. The van der Waals surface area contributed by atoms with Gasteiger partial charge in [-0.2, -0.15) is 0 Å². The van der Waals surface area contributed by atoms with Crippen LogP contribution in [-0.2, 0) is 11.4 Å². The van der Waals surface area contributed by atoms with Gasteiger partial charge in [-0.25, -0.2) is 4.39 Å². The molecule has 0 amide bonds. The lowest BCUT2D eigenvalue weighted by atomic mass is 9.85. The monoisotopic (exact) mass is 409 g/mol. The number of ether oxygens (including phenoxy) is 1. The third-order valence-electron chi connectivity index (χ3n) is 6.14. The van der Waals surface area contributed by atoms with Crippen LogP contribution in [0.2, 0.25) is 0 Å². The molecule has 4 nitrogen and oxygen atoms in total. The summed E-state index contributed by atoms with van der Waals surface area (Å²) in [7, 11) is 0. The Morgan fingerprint density at radius 3 is 2.57 bits per heavy atom. The summed E-state index contributed by atoms with van der Waals surface area (Å²) in [5, 5.41) is 9.45. The zero-order valence-corrected chi connectivity index (χ0v) is 17.8. The number of aliphatic carboxylic acids is 1. The molecule has 5 heteroatoms. The molecular weight excluding hydrogens is 381 g/mol. The van der Waals surface area contributed by atoms with Crippen LogP contribution in [0.3, 0.4) is 0 Å². The Balaban J connectivity index is 1.72. The zero-order chi connectivity index (χ0) is 21.5. The Bertz CT molecular complexity index is 1020. The van der Waals surface area contributed by atoms with E-state index in [1.807, 2.05) is 18.2 Å². The van der Waals surface area contributed by atoms with Crippen molar-refractivity contribution in [1.29, 1.82) is 0 Å². The second-order valence-electron chi connectivity index (χ2n) is 9.03. The van der Waals surface area contributed by atoms with Gasteiger partial charge in [0.25, 0.3) is 0 Å². The molecule has 2 aliphatic rings. The van der Waals surface area contributed by atoms with Crippen molar-refractivity contribution >= 4 is 11.5 Å². The number of rotatable bonds is 3. The second-order valence-corrected chi connectivity index (χ2v) is 9.03. The summed E-state index contributed by atoms with van der Waals surface area (Å²) < 4.78 is 20.0. The van der Waals surface area contributed by atoms with E-state index in [1.165, 1.54) is 11.6 Å². The van der Waals surface area contributed by atoms with Crippen molar-refractivity contribution < 1.29 is 19.0 Å². The van der Waals surface area contributed by atoms with E-state index >= 15 is 0 Å². The lowest BCUT2D eigenvalue weighted by molar-refractivity contribution is -0.148.